The highest BCUT2D eigenvalue weighted by atomic mass is 19.4. The van der Waals surface area contributed by atoms with E-state index in [1.54, 1.807) is 13.1 Å². The summed E-state index contributed by atoms with van der Waals surface area (Å²) in [6.07, 6.45) is 0.453. The number of hydrogen-bond acceptors (Lipinski definition) is 7. The van der Waals surface area contributed by atoms with Crippen LogP contribution in [0.2, 0.25) is 0 Å². The lowest BCUT2D eigenvalue weighted by atomic mass is 9.93. The maximum Gasteiger partial charge on any atom is 0.490 e. The number of H-pyrrole nitrogens is 1. The number of rotatable bonds is 9. The fourth-order valence-corrected chi connectivity index (χ4v) is 5.04. The van der Waals surface area contributed by atoms with E-state index >= 15 is 0 Å². The molecule has 1 aromatic heterocycles. The van der Waals surface area contributed by atoms with Gasteiger partial charge in [0.05, 0.1) is 16.8 Å². The summed E-state index contributed by atoms with van der Waals surface area (Å²) >= 11 is 0. The van der Waals surface area contributed by atoms with E-state index < -0.39 is 35.4 Å². The van der Waals surface area contributed by atoms with Crippen molar-refractivity contribution < 1.29 is 42.2 Å². The lowest BCUT2D eigenvalue weighted by Crippen LogP contribution is -2.39. The molecule has 7 N–H and O–H groups in total. The number of nitrogens with two attached hydrogens (primary N) is 1. The number of aromatic carboxylic acids is 1. The first kappa shape index (κ1) is 34.0. The normalized spacial score (nSPS) is 13.7. The second kappa shape index (κ2) is 14.8. The minimum absolute atomic E-state index is 0.1000. The number of hydrogen-bond donors (Lipinski definition) is 6. The van der Waals surface area contributed by atoms with Gasteiger partial charge in [-0.05, 0) is 54.8 Å². The molecule has 0 aliphatic heterocycles. The van der Waals surface area contributed by atoms with Gasteiger partial charge in [0.1, 0.15) is 11.4 Å². The first-order chi connectivity index (χ1) is 20.7. The Labute approximate surface area is 249 Å². The smallest absolute Gasteiger partial charge is 0.478 e. The van der Waals surface area contributed by atoms with Crippen LogP contribution in [0, 0.1) is 5.82 Å². The standard InChI is InChI=1S/C27H32FN5O4.C2HF3O2/c1-30-23-14-19(28)12-17-13-21(26(35)32-24(17)23)25(34)31-22-8-7-16(27(36)37)11-18(22)15-33(10-9-29)20-5-3-2-4-6-20;3-2(4,5)1(6)7/h7-8,11-14,20,30H,2-6,9-10,15,29H2,1H3,(H,31,34)(H,32,35)(H,36,37);(H,6,7). The molecule has 15 heteroatoms. The number of pyridine rings is 1. The zero-order chi connectivity index (χ0) is 32.6. The molecule has 0 atom stereocenters. The zero-order valence-electron chi connectivity index (χ0n) is 23.8. The monoisotopic (exact) mass is 623 g/mol. The number of nitrogens with one attached hydrogen (secondary N) is 3. The van der Waals surface area contributed by atoms with Crippen LogP contribution >= 0.6 is 0 Å². The van der Waals surface area contributed by atoms with Gasteiger partial charge in [0.15, 0.2) is 0 Å². The van der Waals surface area contributed by atoms with E-state index in [-0.39, 0.29) is 11.1 Å². The van der Waals surface area contributed by atoms with E-state index in [9.17, 15) is 37.1 Å². The van der Waals surface area contributed by atoms with Crippen molar-refractivity contribution in [2.75, 3.05) is 30.8 Å². The predicted molar refractivity (Wildman–Crippen MR) is 155 cm³/mol. The van der Waals surface area contributed by atoms with Crippen molar-refractivity contribution in [1.29, 1.82) is 0 Å². The molecule has 2 aromatic carbocycles. The fraction of sp³-hybridized carbons (Fsp3) is 0.379. The topological polar surface area (TPSA) is 178 Å². The lowest BCUT2D eigenvalue weighted by molar-refractivity contribution is -0.192. The third-order valence-corrected chi connectivity index (χ3v) is 7.15. The molecule has 11 nitrogen and oxygen atoms in total. The molecule has 0 radical (unpaired) electrons. The maximum absolute atomic E-state index is 14.1. The van der Waals surface area contributed by atoms with E-state index in [0.717, 1.165) is 25.7 Å². The molecule has 1 aliphatic carbocycles. The number of amides is 1. The number of aromatic nitrogens is 1. The van der Waals surface area contributed by atoms with Crippen molar-refractivity contribution in [3.8, 4) is 0 Å². The third-order valence-electron chi connectivity index (χ3n) is 7.15. The molecule has 1 heterocycles. The van der Waals surface area contributed by atoms with Gasteiger partial charge in [0.2, 0.25) is 0 Å². The summed E-state index contributed by atoms with van der Waals surface area (Å²) in [6.45, 7) is 1.50. The molecular weight excluding hydrogens is 590 g/mol. The molecule has 3 aromatic rings. The van der Waals surface area contributed by atoms with Gasteiger partial charge in [-0.25, -0.2) is 14.0 Å². The summed E-state index contributed by atoms with van der Waals surface area (Å²) in [5.41, 5.74) is 6.99. The zero-order valence-corrected chi connectivity index (χ0v) is 23.8. The Kier molecular flexibility index (Phi) is 11.4. The third kappa shape index (κ3) is 8.76. The fourth-order valence-electron chi connectivity index (χ4n) is 5.04. The van der Waals surface area contributed by atoms with Crippen molar-refractivity contribution >= 4 is 40.1 Å². The molecule has 4 rings (SSSR count). The second-order valence-corrected chi connectivity index (χ2v) is 10.2. The van der Waals surface area contributed by atoms with Gasteiger partial charge in [-0.1, -0.05) is 19.3 Å². The number of benzene rings is 2. The predicted octanol–water partition coefficient (Wildman–Crippen LogP) is 4.39. The Balaban J connectivity index is 0.000000676. The SMILES string of the molecule is CNc1cc(F)cc2cc(C(=O)Nc3ccc(C(=O)O)cc3CN(CCN)C3CCCCC3)c(=O)[nH]c12.O=C(O)C(F)(F)F. The van der Waals surface area contributed by atoms with Crippen LogP contribution in [-0.4, -0.2) is 70.3 Å². The second-order valence-electron chi connectivity index (χ2n) is 10.2. The van der Waals surface area contributed by atoms with Gasteiger partial charge in [-0.15, -0.1) is 0 Å². The van der Waals surface area contributed by atoms with Crippen LogP contribution in [0.3, 0.4) is 0 Å². The van der Waals surface area contributed by atoms with Crippen LogP contribution < -0.4 is 21.9 Å². The van der Waals surface area contributed by atoms with Crippen molar-refractivity contribution in [3.05, 3.63) is 69.3 Å². The van der Waals surface area contributed by atoms with Gasteiger partial charge in [0, 0.05) is 43.8 Å². The minimum Gasteiger partial charge on any atom is -0.478 e. The highest BCUT2D eigenvalue weighted by molar-refractivity contribution is 6.07. The number of anilines is 2. The number of fused-ring (bicyclic) bond motifs is 1. The van der Waals surface area contributed by atoms with Gasteiger partial charge in [0.25, 0.3) is 11.5 Å². The molecule has 0 spiro atoms. The summed E-state index contributed by atoms with van der Waals surface area (Å²) in [5, 5.41) is 22.6. The maximum atomic E-state index is 14.1. The number of nitrogens with zero attached hydrogens (tertiary/aromatic N) is 1. The number of carbonyl (C=O) groups is 3. The lowest BCUT2D eigenvalue weighted by Gasteiger charge is -2.34. The van der Waals surface area contributed by atoms with Gasteiger partial charge in [-0.2, -0.15) is 13.2 Å². The van der Waals surface area contributed by atoms with Crippen LogP contribution in [0.15, 0.2) is 41.2 Å². The summed E-state index contributed by atoms with van der Waals surface area (Å²) < 4.78 is 45.8. The van der Waals surface area contributed by atoms with Crippen LogP contribution in [0.1, 0.15) is 58.4 Å². The van der Waals surface area contributed by atoms with E-state index in [2.05, 4.69) is 20.5 Å². The Morgan fingerprint density at radius 3 is 2.27 bits per heavy atom. The molecule has 44 heavy (non-hydrogen) atoms. The van der Waals surface area contributed by atoms with Crippen LogP contribution in [0.25, 0.3) is 10.9 Å². The molecule has 0 unspecified atom stereocenters. The van der Waals surface area contributed by atoms with E-state index in [1.165, 1.54) is 36.8 Å². The Morgan fingerprint density at radius 1 is 1.05 bits per heavy atom. The van der Waals surface area contributed by atoms with Gasteiger partial charge < -0.3 is 31.6 Å². The molecule has 1 saturated carbocycles. The summed E-state index contributed by atoms with van der Waals surface area (Å²) in [5.74, 6) is -5.02. The number of carbonyl (C=O) groups excluding carboxylic acids is 1. The summed E-state index contributed by atoms with van der Waals surface area (Å²) in [4.78, 5) is 51.4. The number of aromatic amines is 1. The first-order valence-electron chi connectivity index (χ1n) is 13.7. The van der Waals surface area contributed by atoms with E-state index in [0.29, 0.717) is 53.5 Å². The Hall–Kier alpha value is -4.50. The van der Waals surface area contributed by atoms with E-state index in [1.807, 2.05) is 0 Å². The number of alkyl halides is 3. The summed E-state index contributed by atoms with van der Waals surface area (Å²) in [7, 11) is 1.61. The van der Waals surface area contributed by atoms with E-state index in [4.69, 9.17) is 15.6 Å². The van der Waals surface area contributed by atoms with Gasteiger partial charge in [-0.3, -0.25) is 14.5 Å². The average molecular weight is 624 g/mol. The minimum atomic E-state index is -5.08. The summed E-state index contributed by atoms with van der Waals surface area (Å²) in [6, 6.07) is 8.67. The largest absolute Gasteiger partial charge is 0.490 e. The van der Waals surface area contributed by atoms with Gasteiger partial charge >= 0.3 is 18.1 Å². The molecule has 1 fully saturated rings. The van der Waals surface area contributed by atoms with Crippen LogP contribution in [0.4, 0.5) is 28.9 Å². The van der Waals surface area contributed by atoms with Crippen molar-refractivity contribution in [2.24, 2.45) is 5.73 Å². The Bertz CT molecular complexity index is 1570. The number of aliphatic carboxylic acids is 1. The van der Waals surface area contributed by atoms with Crippen molar-refractivity contribution in [2.45, 2.75) is 50.9 Å². The highest BCUT2D eigenvalue weighted by Gasteiger charge is 2.38. The van der Waals surface area contributed by atoms with Crippen molar-refractivity contribution in [1.82, 2.24) is 9.88 Å². The molecule has 238 valence electrons. The molecular formula is C29H33F4N5O6. The molecule has 1 amide bonds. The Morgan fingerprint density at radius 2 is 1.70 bits per heavy atom. The molecule has 0 bridgehead atoms. The first-order valence-corrected chi connectivity index (χ1v) is 13.7. The quantitative estimate of drug-likeness (QED) is 0.189. The van der Waals surface area contributed by atoms with Crippen molar-refractivity contribution in [3.63, 3.8) is 0 Å². The van der Waals surface area contributed by atoms with Crippen LogP contribution in [0.5, 0.6) is 0 Å². The number of carboxylic acids is 2. The number of halogens is 4. The van der Waals surface area contributed by atoms with Crippen LogP contribution in [-0.2, 0) is 11.3 Å². The molecule has 0 saturated heterocycles. The highest BCUT2D eigenvalue weighted by Crippen LogP contribution is 2.27. The average Bonchev–Trinajstić information content (AvgIpc) is 2.97. The molecule has 1 aliphatic rings. The number of carboxylic acid groups (broad SMARTS) is 2.